The third-order valence-corrected chi connectivity index (χ3v) is 4.19. The van der Waals surface area contributed by atoms with E-state index in [1.807, 2.05) is 30.3 Å². The van der Waals surface area contributed by atoms with Crippen LogP contribution < -0.4 is 10.1 Å². The average molecular weight is 497 g/mol. The van der Waals surface area contributed by atoms with Crippen LogP contribution in [0.1, 0.15) is 24.2 Å². The zero-order valence-electron chi connectivity index (χ0n) is 21.1. The van der Waals surface area contributed by atoms with Crippen molar-refractivity contribution in [2.45, 2.75) is 13.8 Å². The minimum absolute atomic E-state index is 0.258. The van der Waals surface area contributed by atoms with Gasteiger partial charge in [0.15, 0.2) is 0 Å². The lowest BCUT2D eigenvalue weighted by Gasteiger charge is -2.09. The van der Waals surface area contributed by atoms with Crippen molar-refractivity contribution >= 4 is 11.8 Å². The number of rotatable bonds is 6. The Hall–Kier alpha value is -5.76. The van der Waals surface area contributed by atoms with E-state index >= 15 is 0 Å². The van der Waals surface area contributed by atoms with Gasteiger partial charge in [-0.25, -0.2) is 0 Å². The van der Waals surface area contributed by atoms with Crippen molar-refractivity contribution in [2.75, 3.05) is 11.9 Å². The zero-order valence-corrected chi connectivity index (χ0v) is 21.1. The lowest BCUT2D eigenvalue weighted by atomic mass is 10.1. The quantitative estimate of drug-likeness (QED) is 0.369. The van der Waals surface area contributed by atoms with Crippen LogP contribution in [-0.2, 0) is 0 Å². The van der Waals surface area contributed by atoms with Gasteiger partial charge in [-0.2, -0.15) is 0 Å². The summed E-state index contributed by atoms with van der Waals surface area (Å²) in [5.41, 5.74) is 29.1. The molecule has 184 valence electrons. The molecule has 3 rings (SSSR count). The van der Waals surface area contributed by atoms with Crippen LogP contribution in [0.15, 0.2) is 141 Å². The molecule has 2 aromatic carbocycles. The Morgan fingerprint density at radius 1 is 0.868 bits per heavy atom. The minimum atomic E-state index is -0.258. The Morgan fingerprint density at radius 3 is 1.95 bits per heavy atom. The third-order valence-electron chi connectivity index (χ3n) is 4.19. The number of carbonyl (C=O) groups excluding carboxylic acids is 1. The molecule has 1 aromatic heterocycles. The summed E-state index contributed by atoms with van der Waals surface area (Å²) in [5, 5.41) is 6.69. The van der Waals surface area contributed by atoms with Crippen molar-refractivity contribution in [3.05, 3.63) is 142 Å². The van der Waals surface area contributed by atoms with E-state index < -0.39 is 0 Å². The molecule has 0 saturated heterocycles. The van der Waals surface area contributed by atoms with Gasteiger partial charge in [0.1, 0.15) is 11.4 Å². The fourth-order valence-electron chi connectivity index (χ4n) is 2.54. The second kappa shape index (κ2) is 16.8. The van der Waals surface area contributed by atoms with Gasteiger partial charge in [-0.1, -0.05) is 60.8 Å². The van der Waals surface area contributed by atoms with Crippen molar-refractivity contribution < 1.29 is 14.1 Å². The summed E-state index contributed by atoms with van der Waals surface area (Å²) in [7, 11) is 0. The number of ether oxygens (including phenoxy) is 1. The van der Waals surface area contributed by atoms with Gasteiger partial charge < -0.3 is 9.26 Å². The molecule has 3 aromatic rings. The maximum absolute atomic E-state index is 12.3. The summed E-state index contributed by atoms with van der Waals surface area (Å²) in [6.45, 7) is 11.4. The molecule has 1 heterocycles. The molecule has 0 saturated carbocycles. The molecule has 0 atom stereocenters. The molecule has 0 radical (unpaired) electrons. The molecular formula is C33H24N2O3. The summed E-state index contributed by atoms with van der Waals surface area (Å²) < 4.78 is 10.8. The number of nitrogens with one attached hydrogen (secondary N) is 1. The molecule has 0 unspecified atom stereocenters. The first-order valence-corrected chi connectivity index (χ1v) is 11.4. The van der Waals surface area contributed by atoms with E-state index in [1.165, 1.54) is 0 Å². The first-order chi connectivity index (χ1) is 18.5. The van der Waals surface area contributed by atoms with Crippen molar-refractivity contribution in [2.24, 2.45) is 5.92 Å². The van der Waals surface area contributed by atoms with E-state index in [9.17, 15) is 4.79 Å². The highest BCUT2D eigenvalue weighted by Gasteiger charge is 2.11. The number of benzene rings is 2. The van der Waals surface area contributed by atoms with Gasteiger partial charge in [0.25, 0.3) is 5.91 Å². The molecule has 0 aliphatic rings. The lowest BCUT2D eigenvalue weighted by molar-refractivity contribution is 0.102. The van der Waals surface area contributed by atoms with E-state index in [1.54, 1.807) is 30.3 Å². The van der Waals surface area contributed by atoms with Crippen LogP contribution in [0.4, 0.5) is 5.88 Å². The van der Waals surface area contributed by atoms with E-state index in [0.717, 1.165) is 11.3 Å². The number of aromatic nitrogens is 1. The summed E-state index contributed by atoms with van der Waals surface area (Å²) in [6, 6.07) is 18.3. The predicted octanol–water partition coefficient (Wildman–Crippen LogP) is 7.14. The Labute approximate surface area is 222 Å². The van der Waals surface area contributed by atoms with Crippen LogP contribution in [0.3, 0.4) is 0 Å². The van der Waals surface area contributed by atoms with Crippen molar-refractivity contribution in [3.63, 3.8) is 0 Å². The summed E-state index contributed by atoms with van der Waals surface area (Å²) in [6.07, 6.45) is 0. The van der Waals surface area contributed by atoms with E-state index in [0.29, 0.717) is 29.7 Å². The molecule has 1 N–H and O–H groups in total. The second-order valence-corrected chi connectivity index (χ2v) is 7.60. The first-order valence-electron chi connectivity index (χ1n) is 11.4. The zero-order chi connectivity index (χ0) is 27.4. The topological polar surface area (TPSA) is 64.4 Å². The van der Waals surface area contributed by atoms with Crippen LogP contribution in [-0.4, -0.2) is 17.7 Å². The molecule has 1 amide bonds. The smallest absolute Gasteiger partial charge is 0.258 e. The SMILES string of the molecule is C=C=C=C=C=C=C=C=C=C=C=C=C.CC(C)COc1ccc(C(=O)Nc2cc(-c3ccccc3)no2)cc1. The van der Waals surface area contributed by atoms with Crippen LogP contribution in [0.5, 0.6) is 5.75 Å². The summed E-state index contributed by atoms with van der Waals surface area (Å²) >= 11 is 0. The average Bonchev–Trinajstić information content (AvgIpc) is 3.40. The minimum Gasteiger partial charge on any atom is -0.493 e. The Kier molecular flexibility index (Phi) is 12.6. The summed E-state index contributed by atoms with van der Waals surface area (Å²) in [4.78, 5) is 12.3. The van der Waals surface area contributed by atoms with E-state index in [-0.39, 0.29) is 5.91 Å². The number of hydrogen-bond acceptors (Lipinski definition) is 4. The number of carbonyl (C=O) groups is 1. The fraction of sp³-hybridized carbons (Fsp3) is 0.121. The number of nitrogens with zero attached hydrogens (tertiary/aromatic N) is 1. The number of hydrogen-bond donors (Lipinski definition) is 1. The van der Waals surface area contributed by atoms with Gasteiger partial charge in [-0.05, 0) is 94.9 Å². The molecule has 0 aliphatic carbocycles. The van der Waals surface area contributed by atoms with Gasteiger partial charge in [-0.15, -0.1) is 0 Å². The molecule has 38 heavy (non-hydrogen) atoms. The highest BCUT2D eigenvalue weighted by molar-refractivity contribution is 6.03. The van der Waals surface area contributed by atoms with Crippen LogP contribution in [0.2, 0.25) is 0 Å². The molecule has 0 aliphatic heterocycles. The van der Waals surface area contributed by atoms with Crippen LogP contribution in [0, 0.1) is 5.92 Å². The fourth-order valence-corrected chi connectivity index (χ4v) is 2.54. The molecule has 0 bridgehead atoms. The van der Waals surface area contributed by atoms with E-state index in [2.05, 4.69) is 101 Å². The Morgan fingerprint density at radius 2 is 1.42 bits per heavy atom. The predicted molar refractivity (Wildman–Crippen MR) is 147 cm³/mol. The van der Waals surface area contributed by atoms with Gasteiger partial charge >= 0.3 is 0 Å². The highest BCUT2D eigenvalue weighted by atomic mass is 16.5. The number of amides is 1. The molecule has 5 heteroatoms. The lowest BCUT2D eigenvalue weighted by Crippen LogP contribution is -2.11. The van der Waals surface area contributed by atoms with Crippen LogP contribution in [0.25, 0.3) is 11.3 Å². The summed E-state index contributed by atoms with van der Waals surface area (Å²) in [5.74, 6) is 1.25. The first kappa shape index (κ1) is 28.5. The molecule has 0 spiro atoms. The third kappa shape index (κ3) is 11.1. The van der Waals surface area contributed by atoms with E-state index in [4.69, 9.17) is 9.26 Å². The highest BCUT2D eigenvalue weighted by Crippen LogP contribution is 2.22. The van der Waals surface area contributed by atoms with Gasteiger partial charge in [0.2, 0.25) is 5.88 Å². The standard InChI is InChI=1S/C20H20N2O3.C13H4/c1-14(2)13-24-17-10-8-16(9-11-17)20(23)21-19-12-18(22-25-19)15-6-4-3-5-7-15;1-3-5-7-9-11-13-12-10-8-6-4-2/h3-12,14H,13H2,1-2H3,(H,21,23);1-2H2. The second-order valence-electron chi connectivity index (χ2n) is 7.60. The van der Waals surface area contributed by atoms with Gasteiger partial charge in [0, 0.05) is 17.2 Å². The monoisotopic (exact) mass is 496 g/mol. The van der Waals surface area contributed by atoms with Gasteiger partial charge in [0.05, 0.1) is 6.61 Å². The Bertz CT molecular complexity index is 1590. The maximum Gasteiger partial charge on any atom is 0.258 e. The number of anilines is 1. The molecule has 0 fully saturated rings. The van der Waals surface area contributed by atoms with Crippen LogP contribution >= 0.6 is 0 Å². The maximum atomic E-state index is 12.3. The van der Waals surface area contributed by atoms with Gasteiger partial charge in [-0.3, -0.25) is 10.1 Å². The molecule has 5 nitrogen and oxygen atoms in total. The normalized spacial score (nSPS) is 8.29. The molecular weight excluding hydrogens is 472 g/mol. The van der Waals surface area contributed by atoms with Crippen molar-refractivity contribution in [3.8, 4) is 17.0 Å². The van der Waals surface area contributed by atoms with Crippen molar-refractivity contribution in [1.29, 1.82) is 0 Å². The Balaban J connectivity index is 0.000000332. The van der Waals surface area contributed by atoms with Crippen molar-refractivity contribution in [1.82, 2.24) is 5.16 Å². The largest absolute Gasteiger partial charge is 0.493 e.